The molecule has 24 nitrogen and oxygen atoms in total. The van der Waals surface area contributed by atoms with Gasteiger partial charge in [0, 0.05) is 45.6 Å². The summed E-state index contributed by atoms with van der Waals surface area (Å²) in [4.78, 5) is 96.6. The van der Waals surface area contributed by atoms with E-state index in [1.165, 1.54) is 29.8 Å². The third-order valence-corrected chi connectivity index (χ3v) is 24.0. The number of allylic oxidation sites excluding steroid dienone is 1. The molecular formula is C81H96O24. The highest BCUT2D eigenvalue weighted by atomic mass is 16.8. The molecule has 6 aliphatic heterocycles. The van der Waals surface area contributed by atoms with E-state index in [0.29, 0.717) is 48.0 Å². The lowest BCUT2D eigenvalue weighted by molar-refractivity contribution is -0.416. The fraction of sp³-hybridized carbons (Fsp3) is 0.593. The highest BCUT2D eigenvalue weighted by Crippen LogP contribution is 2.71. The van der Waals surface area contributed by atoms with E-state index in [2.05, 4.69) is 33.8 Å². The molecule has 0 amide bonds. The average molecular weight is 1450 g/mol. The summed E-state index contributed by atoms with van der Waals surface area (Å²) in [5.41, 5.74) is 2.13. The summed E-state index contributed by atoms with van der Waals surface area (Å²) in [6, 6.07) is 33.4. The minimum absolute atomic E-state index is 0.0833. The van der Waals surface area contributed by atoms with E-state index in [9.17, 15) is 33.6 Å². The van der Waals surface area contributed by atoms with Gasteiger partial charge in [-0.1, -0.05) is 124 Å². The molecule has 4 aromatic rings. The van der Waals surface area contributed by atoms with Crippen molar-refractivity contribution in [1.29, 1.82) is 0 Å². The first kappa shape index (κ1) is 74.4. The molecule has 4 aliphatic carbocycles. The number of carbonyl (C=O) groups excluding carboxylic acids is 7. The topological polar surface area (TPSA) is 276 Å². The second kappa shape index (κ2) is 31.0. The second-order valence-corrected chi connectivity index (χ2v) is 30.7. The molecule has 24 heteroatoms. The maximum absolute atomic E-state index is 14.9. The van der Waals surface area contributed by atoms with E-state index in [1.807, 2.05) is 30.3 Å². The fourth-order valence-corrected chi connectivity index (χ4v) is 19.1. The predicted molar refractivity (Wildman–Crippen MR) is 368 cm³/mol. The molecule has 3 saturated carbocycles. The largest absolute Gasteiger partial charge is 0.463 e. The van der Waals surface area contributed by atoms with Gasteiger partial charge in [-0.25, -0.2) is 14.4 Å². The highest BCUT2D eigenvalue weighted by molar-refractivity contribution is 5.91. The summed E-state index contributed by atoms with van der Waals surface area (Å²) in [5.74, 6) is -4.01. The molecule has 6 heterocycles. The quantitative estimate of drug-likeness (QED) is 0.0508. The van der Waals surface area contributed by atoms with Crippen LogP contribution < -0.4 is 0 Å². The molecule has 14 rings (SSSR count). The number of rotatable bonds is 18. The number of hydrogen-bond acceptors (Lipinski definition) is 24. The summed E-state index contributed by atoms with van der Waals surface area (Å²) in [5, 5.41) is 0. The summed E-state index contributed by atoms with van der Waals surface area (Å²) in [7, 11) is 0. The lowest BCUT2D eigenvalue weighted by atomic mass is 9.47. The van der Waals surface area contributed by atoms with Gasteiger partial charge < -0.3 is 80.5 Å². The maximum Gasteiger partial charge on any atom is 0.338 e. The van der Waals surface area contributed by atoms with Crippen LogP contribution in [0.1, 0.15) is 163 Å². The van der Waals surface area contributed by atoms with E-state index < -0.39 is 159 Å². The number of benzene rings is 4. The molecule has 0 aromatic heterocycles. The molecule has 0 unspecified atom stereocenters. The molecule has 6 saturated heterocycles. The molecule has 105 heavy (non-hydrogen) atoms. The Balaban J connectivity index is 0.859. The van der Waals surface area contributed by atoms with Crippen molar-refractivity contribution in [3.05, 3.63) is 155 Å². The van der Waals surface area contributed by atoms with Crippen molar-refractivity contribution in [2.75, 3.05) is 19.8 Å². The number of hydrogen-bond donors (Lipinski definition) is 0. The molecule has 4 aromatic carbocycles. The number of fused-ring (bicyclic) bond motifs is 8. The van der Waals surface area contributed by atoms with Crippen LogP contribution in [0.15, 0.2) is 133 Å². The van der Waals surface area contributed by atoms with Gasteiger partial charge in [0.2, 0.25) is 0 Å². The van der Waals surface area contributed by atoms with Crippen molar-refractivity contribution in [3.8, 4) is 0 Å². The number of esters is 7. The van der Waals surface area contributed by atoms with Crippen molar-refractivity contribution in [3.63, 3.8) is 0 Å². The average Bonchev–Trinajstić information content (AvgIpc) is 1.54. The van der Waals surface area contributed by atoms with Gasteiger partial charge in [0.15, 0.2) is 67.6 Å². The molecule has 10 aliphatic rings. The van der Waals surface area contributed by atoms with Crippen molar-refractivity contribution >= 4 is 41.8 Å². The SMILES string of the molecule is CC(=O)OC[C@H]1O[C@@H](O[C@@H]2[C@@H](O[C@@H]3O[C@@H](C)[C@H](OC(=O)c4ccccc4)[C@@H](OC(=O)c4ccccc4)[C@H]3OC(=O)c3ccccc3)[C@H](O[C@H]3CC[C@@]4(C)C(=CC[C@H]5[C@@H]6C[C@@H]7O[C@]8(CC[C@@H](C)CO8)[C@@H](C)[C@@H]7[C@@]6(C)CC[C@@H]54)C3)O[C@@H]3CO[C@@H](c4ccccc4)O[C@@H]23)[C@H](OC(C)=O)[C@@H](OC(C)=O)[C@@H]1OC(C)=O. The first-order valence-electron chi connectivity index (χ1n) is 37.2. The van der Waals surface area contributed by atoms with Gasteiger partial charge in [-0.2, -0.15) is 0 Å². The Morgan fingerprint density at radius 2 is 1.06 bits per heavy atom. The van der Waals surface area contributed by atoms with Gasteiger partial charge in [-0.05, 0) is 135 Å². The lowest BCUT2D eigenvalue weighted by Crippen LogP contribution is -2.69. The zero-order chi connectivity index (χ0) is 73.6. The van der Waals surface area contributed by atoms with Gasteiger partial charge in [0.1, 0.15) is 37.1 Å². The monoisotopic (exact) mass is 1450 g/mol. The van der Waals surface area contributed by atoms with Crippen LogP contribution in [0.5, 0.6) is 0 Å². The summed E-state index contributed by atoms with van der Waals surface area (Å²) >= 11 is 0. The van der Waals surface area contributed by atoms with Crippen molar-refractivity contribution in [1.82, 2.24) is 0 Å². The summed E-state index contributed by atoms with van der Waals surface area (Å²) in [6.07, 6.45) is -14.6. The Morgan fingerprint density at radius 1 is 0.505 bits per heavy atom. The normalized spacial score (nSPS) is 39.6. The Bertz CT molecular complexity index is 3790. The second-order valence-electron chi connectivity index (χ2n) is 30.7. The lowest BCUT2D eigenvalue weighted by Gasteiger charge is -2.59. The van der Waals surface area contributed by atoms with Gasteiger partial charge in [-0.3, -0.25) is 19.2 Å². The molecule has 27 atom stereocenters. The standard InChI is InChI=1S/C81H96O24/c1-43-32-37-81(91-40-43)44(2)62-59(105-81)39-58-56-31-30-54-38-55(33-35-79(54,8)57(56)34-36-80(58,62)9)96-77-71(104-76-70(101-74(88)52-26-18-12-19-27-52)66(100-73(87)51-24-16-11-17-25-51)63(45(3)92-76)99-72(86)50-22-14-10-15-23-50)68(65-61(97-77)42-90-75(102-65)53-28-20-13-21-29-53)103-78-69(95-49(7)85)67(94-48(6)84)64(93-47(5)83)60(98-78)41-89-46(4)82/h10-30,43-45,55-71,75-78H,31-42H2,1-9H3/t43-,44+,45+,55+,56-,57+,58+,59+,60-,61-,62+,63+,64-,65-,66-,67+,68+,69-,70-,71-,75-,76+,77-,78+,79+,80+,81-/m1/s1. The van der Waals surface area contributed by atoms with Crippen LogP contribution in [0.25, 0.3) is 0 Å². The molecular weight excluding hydrogens is 1360 g/mol. The minimum atomic E-state index is -1.85. The molecule has 9 fully saturated rings. The maximum atomic E-state index is 14.9. The van der Waals surface area contributed by atoms with Crippen molar-refractivity contribution < 1.29 is 114 Å². The first-order chi connectivity index (χ1) is 50.5. The van der Waals surface area contributed by atoms with Crippen LogP contribution in [-0.2, 0) is 99.7 Å². The molecule has 0 radical (unpaired) electrons. The highest BCUT2D eigenvalue weighted by Gasteiger charge is 2.69. The minimum Gasteiger partial charge on any atom is -0.463 e. The van der Waals surface area contributed by atoms with Crippen molar-refractivity contribution in [2.45, 2.75) is 237 Å². The van der Waals surface area contributed by atoms with E-state index >= 15 is 0 Å². The first-order valence-corrected chi connectivity index (χ1v) is 37.2. The van der Waals surface area contributed by atoms with Gasteiger partial charge in [-0.15, -0.1) is 0 Å². The Hall–Kier alpha value is -7.49. The van der Waals surface area contributed by atoms with Crippen LogP contribution in [0.3, 0.4) is 0 Å². The van der Waals surface area contributed by atoms with Crippen LogP contribution in [0, 0.1) is 46.3 Å². The third-order valence-electron chi connectivity index (χ3n) is 24.0. The molecule has 564 valence electrons. The van der Waals surface area contributed by atoms with Gasteiger partial charge >= 0.3 is 41.8 Å². The van der Waals surface area contributed by atoms with Crippen LogP contribution in [0.2, 0.25) is 0 Å². The summed E-state index contributed by atoms with van der Waals surface area (Å²) < 4.78 is 113. The molecule has 1 spiro atoms. The molecule has 0 N–H and O–H groups in total. The van der Waals surface area contributed by atoms with E-state index in [1.54, 1.807) is 73.7 Å². The Labute approximate surface area is 611 Å². The number of ether oxygens (including phenoxy) is 17. The summed E-state index contributed by atoms with van der Waals surface area (Å²) in [6.45, 7) is 15.7. The van der Waals surface area contributed by atoms with E-state index in [4.69, 9.17) is 80.5 Å². The zero-order valence-electron chi connectivity index (χ0n) is 60.8. The van der Waals surface area contributed by atoms with E-state index in [-0.39, 0.29) is 46.1 Å². The third kappa shape index (κ3) is 15.2. The Kier molecular flexibility index (Phi) is 22.0. The van der Waals surface area contributed by atoms with Crippen LogP contribution >= 0.6 is 0 Å². The van der Waals surface area contributed by atoms with Crippen molar-refractivity contribution in [2.24, 2.45) is 46.3 Å². The zero-order valence-corrected chi connectivity index (χ0v) is 60.8. The Morgan fingerprint density at radius 3 is 1.67 bits per heavy atom. The number of carbonyl (C=O) groups is 7. The van der Waals surface area contributed by atoms with Gasteiger partial charge in [0.05, 0.1) is 48.2 Å². The van der Waals surface area contributed by atoms with Crippen LogP contribution in [0.4, 0.5) is 0 Å². The van der Waals surface area contributed by atoms with Crippen LogP contribution in [-0.4, -0.2) is 172 Å². The smallest absolute Gasteiger partial charge is 0.338 e. The predicted octanol–water partition coefficient (Wildman–Crippen LogP) is 10.9. The molecule has 0 bridgehead atoms. The fourth-order valence-electron chi connectivity index (χ4n) is 19.1. The van der Waals surface area contributed by atoms with E-state index in [0.717, 1.165) is 79.2 Å². The van der Waals surface area contributed by atoms with Gasteiger partial charge in [0.25, 0.3) is 0 Å².